The molecule has 0 aliphatic rings. The summed E-state index contributed by atoms with van der Waals surface area (Å²) in [5, 5.41) is 13.9. The lowest BCUT2D eigenvalue weighted by molar-refractivity contribution is -0.137. The third kappa shape index (κ3) is 5.66. The first kappa shape index (κ1) is 19.6. The van der Waals surface area contributed by atoms with Gasteiger partial charge in [0.15, 0.2) is 0 Å². The maximum absolute atomic E-state index is 12.3. The largest absolute Gasteiger partial charge is 0.508 e. The number of hydrogen-bond donors (Lipinski definition) is 3. The second-order valence-corrected chi connectivity index (χ2v) is 5.11. The fraction of sp³-hybridized carbons (Fsp3) is 0.188. The van der Waals surface area contributed by atoms with Crippen molar-refractivity contribution in [2.24, 2.45) is 0 Å². The molecule has 0 atom stereocenters. The number of phenols is 1. The summed E-state index contributed by atoms with van der Waals surface area (Å²) in [5.74, 6) is 0.192. The van der Waals surface area contributed by atoms with Crippen molar-refractivity contribution in [3.8, 4) is 5.75 Å². The van der Waals surface area contributed by atoms with Crippen molar-refractivity contribution in [1.82, 2.24) is 0 Å². The molecule has 8 heteroatoms. The number of anilines is 2. The van der Waals surface area contributed by atoms with E-state index >= 15 is 0 Å². The normalized spacial score (nSPS) is 10.4. The summed E-state index contributed by atoms with van der Waals surface area (Å²) in [6.45, 7) is 1.79. The Bertz CT molecular complexity index is 706. The second-order valence-electron chi connectivity index (χ2n) is 4.71. The highest BCUT2D eigenvalue weighted by Crippen LogP contribution is 2.35. The van der Waals surface area contributed by atoms with Crippen LogP contribution in [0.3, 0.4) is 0 Å². The molecule has 4 nitrogen and oxygen atoms in total. The highest BCUT2D eigenvalue weighted by molar-refractivity contribution is 6.31. The van der Waals surface area contributed by atoms with E-state index in [9.17, 15) is 23.1 Å². The fourth-order valence-electron chi connectivity index (χ4n) is 1.67. The van der Waals surface area contributed by atoms with E-state index in [1.54, 1.807) is 26.1 Å². The number of alkyl halides is 3. The van der Waals surface area contributed by atoms with Crippen LogP contribution in [0, 0.1) is 6.92 Å². The summed E-state index contributed by atoms with van der Waals surface area (Å²) < 4.78 is 36.8. The Balaban J connectivity index is 0.000000243. The van der Waals surface area contributed by atoms with Gasteiger partial charge in [-0.1, -0.05) is 17.7 Å². The molecule has 0 heterocycles. The molecule has 0 bridgehead atoms. The summed E-state index contributed by atoms with van der Waals surface area (Å²) in [6, 6.07) is 8.64. The number of phenolic OH excluding ortho intramolecular Hbond substituents is 1. The molecule has 0 radical (unpaired) electrons. The highest BCUT2D eigenvalue weighted by Gasteiger charge is 2.33. The first-order chi connectivity index (χ1) is 11.2. The van der Waals surface area contributed by atoms with Gasteiger partial charge in [0.25, 0.3) is 0 Å². The minimum absolute atomic E-state index is 0.192. The molecule has 130 valence electrons. The van der Waals surface area contributed by atoms with Gasteiger partial charge in [0.1, 0.15) is 5.75 Å². The molecule has 0 saturated carbocycles. The van der Waals surface area contributed by atoms with Crippen LogP contribution in [0.15, 0.2) is 36.4 Å². The number of hydrogen-bond acceptors (Lipinski definition) is 3. The number of halogens is 4. The molecule has 0 unspecified atom stereocenters. The number of amides is 1. The van der Waals surface area contributed by atoms with Gasteiger partial charge in [0.2, 0.25) is 6.41 Å². The molecule has 2 rings (SSSR count). The Hall–Kier alpha value is -2.41. The van der Waals surface area contributed by atoms with Gasteiger partial charge in [0.05, 0.1) is 10.6 Å². The van der Waals surface area contributed by atoms with Crippen LogP contribution in [-0.2, 0) is 11.0 Å². The van der Waals surface area contributed by atoms with E-state index in [2.05, 4.69) is 10.6 Å². The van der Waals surface area contributed by atoms with Crippen molar-refractivity contribution in [2.75, 3.05) is 17.7 Å². The number of carbonyl (C=O) groups excluding carboxylic acids is 1. The Morgan fingerprint density at radius 2 is 1.75 bits per heavy atom. The molecule has 0 saturated heterocycles. The van der Waals surface area contributed by atoms with Crippen molar-refractivity contribution >= 4 is 29.4 Å². The van der Waals surface area contributed by atoms with Gasteiger partial charge in [-0.15, -0.1) is 0 Å². The number of benzene rings is 2. The van der Waals surface area contributed by atoms with E-state index < -0.39 is 11.7 Å². The molecule has 0 aromatic heterocycles. The van der Waals surface area contributed by atoms with E-state index in [1.165, 1.54) is 18.2 Å². The van der Waals surface area contributed by atoms with Crippen LogP contribution in [-0.4, -0.2) is 18.6 Å². The minimum Gasteiger partial charge on any atom is -0.508 e. The van der Waals surface area contributed by atoms with Crippen molar-refractivity contribution in [1.29, 1.82) is 0 Å². The zero-order valence-corrected chi connectivity index (χ0v) is 13.7. The number of aryl methyl sites for hydroxylation is 1. The monoisotopic (exact) mass is 360 g/mol. The third-order valence-corrected chi connectivity index (χ3v) is 3.32. The number of nitrogens with one attached hydrogen (secondary N) is 2. The maximum Gasteiger partial charge on any atom is 0.417 e. The summed E-state index contributed by atoms with van der Waals surface area (Å²) in [6.07, 6.45) is -3.83. The van der Waals surface area contributed by atoms with Gasteiger partial charge in [-0.05, 0) is 36.8 Å². The van der Waals surface area contributed by atoms with Gasteiger partial charge in [-0.2, -0.15) is 13.2 Å². The SMILES string of the molecule is CNc1ccc(Cl)c(C(F)(F)F)c1.Cc1ccc(NC=O)cc1O. The molecule has 2 aromatic carbocycles. The van der Waals surface area contributed by atoms with Gasteiger partial charge in [-0.3, -0.25) is 4.79 Å². The van der Waals surface area contributed by atoms with Gasteiger partial charge in [-0.25, -0.2) is 0 Å². The van der Waals surface area contributed by atoms with Crippen molar-refractivity contribution in [3.63, 3.8) is 0 Å². The Morgan fingerprint density at radius 3 is 2.25 bits per heavy atom. The number of rotatable bonds is 3. The lowest BCUT2D eigenvalue weighted by Gasteiger charge is -2.10. The third-order valence-electron chi connectivity index (χ3n) is 3.00. The first-order valence-electron chi connectivity index (χ1n) is 6.73. The standard InChI is InChI=1S/C8H7ClF3N.C8H9NO2/c1-13-5-2-3-7(9)6(4-5)8(10,11)12;1-6-2-3-7(9-5-10)4-8(6)11/h2-4,13H,1H3;2-5,11H,1H3,(H,9,10). The average Bonchev–Trinajstić information content (AvgIpc) is 2.51. The van der Waals surface area contributed by atoms with E-state index in [0.717, 1.165) is 11.6 Å². The fourth-order valence-corrected chi connectivity index (χ4v) is 1.89. The van der Waals surface area contributed by atoms with Crippen molar-refractivity contribution in [3.05, 3.63) is 52.5 Å². The molecule has 0 fully saturated rings. The van der Waals surface area contributed by atoms with E-state index in [0.29, 0.717) is 17.8 Å². The topological polar surface area (TPSA) is 61.4 Å². The van der Waals surface area contributed by atoms with E-state index in [1.807, 2.05) is 0 Å². The molecule has 2 aromatic rings. The first-order valence-corrected chi connectivity index (χ1v) is 7.11. The van der Waals surface area contributed by atoms with Crippen molar-refractivity contribution in [2.45, 2.75) is 13.1 Å². The quantitative estimate of drug-likeness (QED) is 0.697. The lowest BCUT2D eigenvalue weighted by atomic mass is 10.2. The Kier molecular flexibility index (Phi) is 6.91. The van der Waals surface area contributed by atoms with Crippen LogP contribution in [0.5, 0.6) is 5.75 Å². The zero-order chi connectivity index (χ0) is 18.3. The van der Waals surface area contributed by atoms with Crippen LogP contribution in [0.2, 0.25) is 5.02 Å². The van der Waals surface area contributed by atoms with Crippen molar-refractivity contribution < 1.29 is 23.1 Å². The molecule has 24 heavy (non-hydrogen) atoms. The predicted molar refractivity (Wildman–Crippen MR) is 88.5 cm³/mol. The number of carbonyl (C=O) groups is 1. The molecule has 0 spiro atoms. The molecule has 3 N–H and O–H groups in total. The smallest absolute Gasteiger partial charge is 0.417 e. The summed E-state index contributed by atoms with van der Waals surface area (Å²) in [4.78, 5) is 9.98. The second kappa shape index (κ2) is 8.44. The summed E-state index contributed by atoms with van der Waals surface area (Å²) in [7, 11) is 1.55. The summed E-state index contributed by atoms with van der Waals surface area (Å²) in [5.41, 5.74) is 0.960. The molecule has 0 aliphatic heterocycles. The van der Waals surface area contributed by atoms with Crippen LogP contribution in [0.1, 0.15) is 11.1 Å². The molecule has 1 amide bonds. The predicted octanol–water partition coefficient (Wildman–Crippen LogP) is 4.67. The van der Waals surface area contributed by atoms with Gasteiger partial charge < -0.3 is 15.7 Å². The highest BCUT2D eigenvalue weighted by atomic mass is 35.5. The van der Waals surface area contributed by atoms with Gasteiger partial charge in [0, 0.05) is 24.5 Å². The van der Waals surface area contributed by atoms with Crippen LogP contribution in [0.4, 0.5) is 24.5 Å². The van der Waals surface area contributed by atoms with Crippen LogP contribution in [0.25, 0.3) is 0 Å². The Morgan fingerprint density at radius 1 is 1.12 bits per heavy atom. The van der Waals surface area contributed by atoms with Crippen LogP contribution >= 0.6 is 11.6 Å². The molecular weight excluding hydrogens is 345 g/mol. The van der Waals surface area contributed by atoms with Gasteiger partial charge >= 0.3 is 6.18 Å². The van der Waals surface area contributed by atoms with E-state index in [-0.39, 0.29) is 10.8 Å². The van der Waals surface area contributed by atoms with E-state index in [4.69, 9.17) is 11.6 Å². The zero-order valence-electron chi connectivity index (χ0n) is 12.9. The molecule has 0 aliphatic carbocycles. The maximum atomic E-state index is 12.3. The average molecular weight is 361 g/mol. The summed E-state index contributed by atoms with van der Waals surface area (Å²) >= 11 is 5.39. The Labute approximate surface area is 142 Å². The number of aromatic hydroxyl groups is 1. The van der Waals surface area contributed by atoms with Crippen LogP contribution < -0.4 is 10.6 Å². The molecular formula is C16H16ClF3N2O2. The lowest BCUT2D eigenvalue weighted by Crippen LogP contribution is -2.06. The minimum atomic E-state index is -4.40.